The summed E-state index contributed by atoms with van der Waals surface area (Å²) in [5.41, 5.74) is 0.756. The third-order valence-corrected chi connectivity index (χ3v) is 4.71. The van der Waals surface area contributed by atoms with Crippen molar-refractivity contribution in [3.8, 4) is 0 Å². The predicted octanol–water partition coefficient (Wildman–Crippen LogP) is 1.85. The van der Waals surface area contributed by atoms with Gasteiger partial charge >= 0.3 is 5.69 Å². The van der Waals surface area contributed by atoms with E-state index in [1.807, 2.05) is 30.3 Å². The second-order valence-corrected chi connectivity index (χ2v) is 6.61. The fraction of sp³-hybridized carbons (Fsp3) is 0.500. The van der Waals surface area contributed by atoms with E-state index in [4.69, 9.17) is 0 Å². The van der Waals surface area contributed by atoms with Gasteiger partial charge in [-0.15, -0.1) is 0 Å². The summed E-state index contributed by atoms with van der Waals surface area (Å²) in [5, 5.41) is 4.16. The number of carbonyl (C=O) groups excluding carboxylic acids is 1. The van der Waals surface area contributed by atoms with Crippen LogP contribution in [0.2, 0.25) is 0 Å². The first kappa shape index (κ1) is 18.3. The molecule has 1 aromatic carbocycles. The Kier molecular flexibility index (Phi) is 5.20. The third kappa shape index (κ3) is 4.17. The van der Waals surface area contributed by atoms with Crippen LogP contribution in [0.5, 0.6) is 0 Å². The summed E-state index contributed by atoms with van der Waals surface area (Å²) < 4.78 is 29.1. The Bertz CT molecular complexity index is 819. The van der Waals surface area contributed by atoms with Crippen molar-refractivity contribution in [3.05, 3.63) is 52.2 Å². The maximum absolute atomic E-state index is 13.2. The van der Waals surface area contributed by atoms with Crippen LogP contribution in [0.4, 0.5) is 8.78 Å². The molecule has 0 aliphatic carbocycles. The van der Waals surface area contributed by atoms with Crippen molar-refractivity contribution in [2.24, 2.45) is 0 Å². The van der Waals surface area contributed by atoms with E-state index in [-0.39, 0.29) is 44.1 Å². The molecule has 6 nitrogen and oxygen atoms in total. The highest BCUT2D eigenvalue weighted by Crippen LogP contribution is 2.27. The molecule has 1 fully saturated rings. The summed E-state index contributed by atoms with van der Waals surface area (Å²) >= 11 is 0. The smallest absolute Gasteiger partial charge is 0.341 e. The number of rotatable bonds is 5. The fourth-order valence-electron chi connectivity index (χ4n) is 3.11. The highest BCUT2D eigenvalue weighted by Gasteiger charge is 2.35. The summed E-state index contributed by atoms with van der Waals surface area (Å²) in [7, 11) is 0. The third-order valence-electron chi connectivity index (χ3n) is 4.71. The van der Waals surface area contributed by atoms with Crippen molar-refractivity contribution in [3.63, 3.8) is 0 Å². The molecule has 3 rings (SSSR count). The zero-order chi connectivity index (χ0) is 18.7. The zero-order valence-electron chi connectivity index (χ0n) is 14.7. The molecule has 1 amide bonds. The molecule has 8 heteroatoms. The second-order valence-electron chi connectivity index (χ2n) is 6.61. The highest BCUT2D eigenvalue weighted by atomic mass is 19.3. The Labute approximate surface area is 150 Å². The summed E-state index contributed by atoms with van der Waals surface area (Å²) in [6, 6.07) is 9.78. The highest BCUT2D eigenvalue weighted by molar-refractivity contribution is 5.76. The van der Waals surface area contributed by atoms with Crippen LogP contribution < -0.4 is 5.69 Å². The van der Waals surface area contributed by atoms with Crippen LogP contribution >= 0.6 is 0 Å². The van der Waals surface area contributed by atoms with E-state index < -0.39 is 5.92 Å². The number of nitrogens with zero attached hydrogens (tertiary/aromatic N) is 4. The van der Waals surface area contributed by atoms with Crippen LogP contribution in [0.3, 0.4) is 0 Å². The van der Waals surface area contributed by atoms with Gasteiger partial charge in [-0.1, -0.05) is 30.3 Å². The van der Waals surface area contributed by atoms with Gasteiger partial charge in [-0.3, -0.25) is 9.36 Å². The molecule has 0 N–H and O–H groups in total. The number of hydrogen-bond donors (Lipinski definition) is 0. The van der Waals surface area contributed by atoms with Crippen molar-refractivity contribution in [1.29, 1.82) is 0 Å². The average Bonchev–Trinajstić information content (AvgIpc) is 2.87. The van der Waals surface area contributed by atoms with Crippen LogP contribution in [-0.2, 0) is 24.3 Å². The molecule has 1 aliphatic heterocycles. The van der Waals surface area contributed by atoms with Crippen LogP contribution in [0.15, 0.2) is 35.1 Å². The molecule has 0 spiro atoms. The minimum atomic E-state index is -2.71. The van der Waals surface area contributed by atoms with E-state index in [2.05, 4.69) is 5.10 Å². The normalized spacial score (nSPS) is 16.7. The van der Waals surface area contributed by atoms with Gasteiger partial charge in [0.25, 0.3) is 5.92 Å². The molecule has 0 atom stereocenters. The lowest BCUT2D eigenvalue weighted by Gasteiger charge is -2.31. The van der Waals surface area contributed by atoms with Gasteiger partial charge in [0.2, 0.25) is 5.91 Å². The SMILES string of the molecule is Cc1nn(CC(=O)N2CCC(F)(F)CC2)c(=O)n1CCc1ccccc1. The number of aromatic nitrogens is 3. The Morgan fingerprint density at radius 3 is 2.50 bits per heavy atom. The van der Waals surface area contributed by atoms with Crippen LogP contribution in [0.1, 0.15) is 24.2 Å². The van der Waals surface area contributed by atoms with E-state index in [1.165, 1.54) is 9.47 Å². The Morgan fingerprint density at radius 1 is 1.19 bits per heavy atom. The van der Waals surface area contributed by atoms with Crippen molar-refractivity contribution in [1.82, 2.24) is 19.2 Å². The van der Waals surface area contributed by atoms with Crippen molar-refractivity contribution >= 4 is 5.91 Å². The minimum absolute atomic E-state index is 0.00822. The molecule has 0 unspecified atom stereocenters. The van der Waals surface area contributed by atoms with Crippen LogP contribution in [-0.4, -0.2) is 44.2 Å². The second kappa shape index (κ2) is 7.39. The topological polar surface area (TPSA) is 60.1 Å². The predicted molar refractivity (Wildman–Crippen MR) is 92.1 cm³/mol. The number of carbonyl (C=O) groups is 1. The molecule has 2 heterocycles. The van der Waals surface area contributed by atoms with Crippen LogP contribution in [0, 0.1) is 6.92 Å². The molecule has 1 saturated heterocycles. The minimum Gasteiger partial charge on any atom is -0.341 e. The van der Waals surface area contributed by atoms with E-state index in [1.54, 1.807) is 6.92 Å². The lowest BCUT2D eigenvalue weighted by atomic mass is 10.1. The molecule has 1 aliphatic rings. The molecular weight excluding hydrogens is 342 g/mol. The van der Waals surface area contributed by atoms with Gasteiger partial charge in [-0.25, -0.2) is 18.3 Å². The van der Waals surface area contributed by atoms with Crippen LogP contribution in [0.25, 0.3) is 0 Å². The number of hydrogen-bond acceptors (Lipinski definition) is 3. The van der Waals surface area contributed by atoms with Gasteiger partial charge in [-0.2, -0.15) is 5.10 Å². The van der Waals surface area contributed by atoms with E-state index >= 15 is 0 Å². The Balaban J connectivity index is 1.64. The maximum atomic E-state index is 13.2. The van der Waals surface area contributed by atoms with Gasteiger partial charge in [-0.05, 0) is 18.9 Å². The lowest BCUT2D eigenvalue weighted by molar-refractivity contribution is -0.138. The van der Waals surface area contributed by atoms with E-state index in [0.717, 1.165) is 10.2 Å². The van der Waals surface area contributed by atoms with Gasteiger partial charge in [0.05, 0.1) is 0 Å². The first-order chi connectivity index (χ1) is 12.4. The first-order valence-corrected chi connectivity index (χ1v) is 8.69. The summed E-state index contributed by atoms with van der Waals surface area (Å²) in [4.78, 5) is 26.2. The van der Waals surface area contributed by atoms with E-state index in [0.29, 0.717) is 18.8 Å². The monoisotopic (exact) mass is 364 g/mol. The molecule has 140 valence electrons. The van der Waals surface area contributed by atoms with Crippen molar-refractivity contribution in [2.45, 2.75) is 45.2 Å². The quantitative estimate of drug-likeness (QED) is 0.814. The number of piperidine rings is 1. The molecule has 1 aromatic heterocycles. The standard InChI is InChI=1S/C18H22F2N4O2/c1-14-21-24(13-16(25)22-11-8-18(19,20)9-12-22)17(26)23(14)10-7-15-5-3-2-4-6-15/h2-6H,7-13H2,1H3. The average molecular weight is 364 g/mol. The molecule has 0 saturated carbocycles. The van der Waals surface area contributed by atoms with E-state index in [9.17, 15) is 18.4 Å². The number of likely N-dealkylation sites (tertiary alicyclic amines) is 1. The largest absolute Gasteiger partial charge is 0.346 e. The molecular formula is C18H22F2N4O2. The van der Waals surface area contributed by atoms with Gasteiger partial charge in [0.15, 0.2) is 0 Å². The molecule has 26 heavy (non-hydrogen) atoms. The van der Waals surface area contributed by atoms with Gasteiger partial charge in [0, 0.05) is 32.5 Å². The summed E-state index contributed by atoms with van der Waals surface area (Å²) in [6.45, 7) is 1.99. The molecule has 0 bridgehead atoms. The number of alkyl halides is 2. The first-order valence-electron chi connectivity index (χ1n) is 8.69. The molecule has 2 aromatic rings. The fourth-order valence-corrected chi connectivity index (χ4v) is 3.11. The lowest BCUT2D eigenvalue weighted by Crippen LogP contribution is -2.45. The maximum Gasteiger partial charge on any atom is 0.346 e. The summed E-state index contributed by atoms with van der Waals surface area (Å²) in [6.07, 6.45) is 0.0127. The molecule has 0 radical (unpaired) electrons. The van der Waals surface area contributed by atoms with Crippen molar-refractivity contribution < 1.29 is 13.6 Å². The number of amides is 1. The van der Waals surface area contributed by atoms with Crippen molar-refractivity contribution in [2.75, 3.05) is 13.1 Å². The number of halogens is 2. The summed E-state index contributed by atoms with van der Waals surface area (Å²) in [5.74, 6) is -2.53. The Morgan fingerprint density at radius 2 is 1.85 bits per heavy atom. The van der Waals surface area contributed by atoms with Gasteiger partial charge in [0.1, 0.15) is 12.4 Å². The Hall–Kier alpha value is -2.51. The number of aryl methyl sites for hydroxylation is 2. The van der Waals surface area contributed by atoms with Gasteiger partial charge < -0.3 is 4.90 Å². The number of benzene rings is 1. The zero-order valence-corrected chi connectivity index (χ0v) is 14.7.